The van der Waals surface area contributed by atoms with Crippen molar-refractivity contribution >= 4 is 11.8 Å². The van der Waals surface area contributed by atoms with E-state index in [1.165, 1.54) is 12.5 Å². The third kappa shape index (κ3) is 5.80. The van der Waals surface area contributed by atoms with Gasteiger partial charge >= 0.3 is 0 Å². The van der Waals surface area contributed by atoms with Crippen molar-refractivity contribution in [2.75, 3.05) is 26.2 Å². The molecule has 1 aromatic rings. The molecule has 2 fully saturated rings. The zero-order valence-corrected chi connectivity index (χ0v) is 17.8. The quantitative estimate of drug-likeness (QED) is 0.516. The lowest BCUT2D eigenvalue weighted by atomic mass is 9.74. The summed E-state index contributed by atoms with van der Waals surface area (Å²) in [6.45, 7) is 3.48. The summed E-state index contributed by atoms with van der Waals surface area (Å²) < 4.78 is 0. The van der Waals surface area contributed by atoms with Gasteiger partial charge in [0.2, 0.25) is 11.8 Å². The van der Waals surface area contributed by atoms with Gasteiger partial charge in [0.25, 0.3) is 0 Å². The zero-order valence-electron chi connectivity index (χ0n) is 17.8. The van der Waals surface area contributed by atoms with Crippen molar-refractivity contribution in [3.63, 3.8) is 0 Å². The summed E-state index contributed by atoms with van der Waals surface area (Å²) in [6.07, 6.45) is 4.02. The molecule has 3 rings (SSSR count). The Bertz CT molecular complexity index is 706. The zero-order chi connectivity index (χ0) is 21.6. The van der Waals surface area contributed by atoms with Crippen LogP contribution in [0.2, 0.25) is 0 Å². The lowest BCUT2D eigenvalue weighted by molar-refractivity contribution is -0.125. The van der Waals surface area contributed by atoms with Crippen LogP contribution < -0.4 is 10.6 Å². The van der Waals surface area contributed by atoms with Crippen molar-refractivity contribution in [2.45, 2.75) is 69.1 Å². The van der Waals surface area contributed by atoms with Crippen LogP contribution in [0, 0.1) is 0 Å². The molecule has 0 bridgehead atoms. The number of aliphatic hydroxyl groups excluding tert-OH is 2. The van der Waals surface area contributed by atoms with E-state index >= 15 is 0 Å². The molecule has 166 valence electrons. The van der Waals surface area contributed by atoms with Gasteiger partial charge in [-0.05, 0) is 44.1 Å². The first-order valence-electron chi connectivity index (χ1n) is 11.1. The van der Waals surface area contributed by atoms with Crippen molar-refractivity contribution < 1.29 is 19.8 Å². The third-order valence-corrected chi connectivity index (χ3v) is 6.76. The van der Waals surface area contributed by atoms with Gasteiger partial charge < -0.3 is 20.8 Å². The molecule has 30 heavy (non-hydrogen) atoms. The summed E-state index contributed by atoms with van der Waals surface area (Å²) in [5, 5.41) is 26.3. The highest BCUT2D eigenvalue weighted by molar-refractivity contribution is 5.83. The molecule has 7 nitrogen and oxygen atoms in total. The number of carbonyl (C=O) groups excluding carboxylic acids is 2. The Hall–Kier alpha value is -1.96. The third-order valence-electron chi connectivity index (χ3n) is 6.76. The number of benzene rings is 1. The topological polar surface area (TPSA) is 102 Å². The van der Waals surface area contributed by atoms with Gasteiger partial charge in [0.05, 0.1) is 18.8 Å². The number of nitrogens with one attached hydrogen (secondary N) is 2. The Morgan fingerprint density at radius 3 is 2.37 bits per heavy atom. The number of likely N-dealkylation sites (tertiary alicyclic amines) is 1. The maximum Gasteiger partial charge on any atom is 0.239 e. The molecule has 1 saturated carbocycles. The van der Waals surface area contributed by atoms with E-state index in [1.54, 1.807) is 0 Å². The van der Waals surface area contributed by atoms with Gasteiger partial charge in [-0.3, -0.25) is 14.5 Å². The molecule has 2 aliphatic rings. The van der Waals surface area contributed by atoms with Crippen LogP contribution in [-0.2, 0) is 15.0 Å². The molecule has 0 aromatic heterocycles. The summed E-state index contributed by atoms with van der Waals surface area (Å²) in [5.74, 6) is -0.429. The highest BCUT2D eigenvalue weighted by Crippen LogP contribution is 2.39. The van der Waals surface area contributed by atoms with E-state index in [2.05, 4.69) is 27.7 Å². The number of nitrogens with zero attached hydrogens (tertiary/aromatic N) is 1. The SMILES string of the molecule is CC(=O)NCC(=O)NC[C@@]1(c2ccccc2)CC[C@H](O)[C@@H](N2CCC(O)CC2)CC1. The molecule has 0 unspecified atom stereocenters. The maximum atomic E-state index is 12.2. The average molecular weight is 418 g/mol. The van der Waals surface area contributed by atoms with Crippen LogP contribution in [0.1, 0.15) is 51.0 Å². The lowest BCUT2D eigenvalue weighted by Gasteiger charge is -2.38. The van der Waals surface area contributed by atoms with E-state index < -0.39 is 6.10 Å². The Morgan fingerprint density at radius 2 is 1.70 bits per heavy atom. The standard InChI is InChI=1S/C23H35N3O4/c1-17(27)24-15-22(30)25-16-23(18-5-3-2-4-6-18)11-7-20(21(29)8-12-23)26-13-9-19(28)10-14-26/h2-6,19-21,28-29H,7-16H2,1H3,(H,24,27)(H,25,30)/t20-,21-,23-/m0/s1. The Balaban J connectivity index is 1.72. The summed E-state index contributed by atoms with van der Waals surface area (Å²) in [6, 6.07) is 10.3. The van der Waals surface area contributed by atoms with E-state index in [0.717, 1.165) is 45.2 Å². The van der Waals surface area contributed by atoms with E-state index in [1.807, 2.05) is 18.2 Å². The summed E-state index contributed by atoms with van der Waals surface area (Å²) in [5.41, 5.74) is 0.921. The van der Waals surface area contributed by atoms with Crippen molar-refractivity contribution in [2.24, 2.45) is 0 Å². The second-order valence-corrected chi connectivity index (χ2v) is 8.81. The fourth-order valence-electron chi connectivity index (χ4n) is 4.90. The second kappa shape index (κ2) is 10.4. The number of hydrogen-bond acceptors (Lipinski definition) is 5. The number of carbonyl (C=O) groups is 2. The molecule has 3 atom stereocenters. The number of hydrogen-bond donors (Lipinski definition) is 4. The molecule has 1 saturated heterocycles. The molecule has 1 aliphatic heterocycles. The van der Waals surface area contributed by atoms with Crippen LogP contribution in [0.4, 0.5) is 0 Å². The largest absolute Gasteiger partial charge is 0.393 e. The van der Waals surface area contributed by atoms with Crippen LogP contribution in [0.3, 0.4) is 0 Å². The van der Waals surface area contributed by atoms with Crippen LogP contribution in [0.15, 0.2) is 30.3 Å². The van der Waals surface area contributed by atoms with E-state index in [9.17, 15) is 19.8 Å². The van der Waals surface area contributed by atoms with Gasteiger partial charge in [-0.15, -0.1) is 0 Å². The molecule has 0 radical (unpaired) electrons. The highest BCUT2D eigenvalue weighted by atomic mass is 16.3. The van der Waals surface area contributed by atoms with Crippen LogP contribution in [0.5, 0.6) is 0 Å². The van der Waals surface area contributed by atoms with Crippen molar-refractivity contribution in [1.29, 1.82) is 0 Å². The summed E-state index contributed by atoms with van der Waals surface area (Å²) >= 11 is 0. The second-order valence-electron chi connectivity index (χ2n) is 8.81. The van der Waals surface area contributed by atoms with Gasteiger partial charge in [0.1, 0.15) is 0 Å². The predicted molar refractivity (Wildman–Crippen MR) is 115 cm³/mol. The van der Waals surface area contributed by atoms with Crippen LogP contribution in [-0.4, -0.2) is 71.4 Å². The van der Waals surface area contributed by atoms with E-state index in [4.69, 9.17) is 0 Å². The van der Waals surface area contributed by atoms with Crippen LogP contribution >= 0.6 is 0 Å². The fourth-order valence-corrected chi connectivity index (χ4v) is 4.90. The smallest absolute Gasteiger partial charge is 0.239 e. The summed E-state index contributed by atoms with van der Waals surface area (Å²) in [4.78, 5) is 25.7. The molecular formula is C23H35N3O4. The molecular weight excluding hydrogens is 382 g/mol. The molecule has 4 N–H and O–H groups in total. The van der Waals surface area contributed by atoms with Crippen LogP contribution in [0.25, 0.3) is 0 Å². The Kier molecular flexibility index (Phi) is 7.86. The van der Waals surface area contributed by atoms with Gasteiger partial charge in [0, 0.05) is 38.0 Å². The van der Waals surface area contributed by atoms with E-state index in [-0.39, 0.29) is 35.9 Å². The number of piperidine rings is 1. The molecule has 1 aliphatic carbocycles. The molecule has 1 heterocycles. The number of rotatable bonds is 6. The first-order chi connectivity index (χ1) is 14.4. The number of aliphatic hydroxyl groups is 2. The minimum atomic E-state index is -0.416. The molecule has 0 spiro atoms. The molecule has 7 heteroatoms. The van der Waals surface area contributed by atoms with Crippen molar-refractivity contribution in [3.8, 4) is 0 Å². The Labute approximate surface area is 178 Å². The van der Waals surface area contributed by atoms with Gasteiger partial charge in [0.15, 0.2) is 0 Å². The first-order valence-corrected chi connectivity index (χ1v) is 11.1. The number of amides is 2. The normalized spacial score (nSPS) is 28.5. The molecule has 2 amide bonds. The van der Waals surface area contributed by atoms with Crippen molar-refractivity contribution in [1.82, 2.24) is 15.5 Å². The van der Waals surface area contributed by atoms with Crippen molar-refractivity contribution in [3.05, 3.63) is 35.9 Å². The van der Waals surface area contributed by atoms with Gasteiger partial charge in [-0.25, -0.2) is 0 Å². The van der Waals surface area contributed by atoms with E-state index in [0.29, 0.717) is 13.0 Å². The first kappa shape index (κ1) is 22.7. The maximum absolute atomic E-state index is 12.2. The van der Waals surface area contributed by atoms with Gasteiger partial charge in [-0.2, -0.15) is 0 Å². The monoisotopic (exact) mass is 417 g/mol. The minimum Gasteiger partial charge on any atom is -0.393 e. The highest BCUT2D eigenvalue weighted by Gasteiger charge is 2.40. The molecule has 1 aromatic carbocycles. The minimum absolute atomic E-state index is 0.0262. The fraction of sp³-hybridized carbons (Fsp3) is 0.652. The Morgan fingerprint density at radius 1 is 1.03 bits per heavy atom. The predicted octanol–water partition coefficient (Wildman–Crippen LogP) is 0.937. The lowest BCUT2D eigenvalue weighted by Crippen LogP contribution is -2.48. The summed E-state index contributed by atoms with van der Waals surface area (Å²) in [7, 11) is 0. The average Bonchev–Trinajstić information content (AvgIpc) is 2.92. The van der Waals surface area contributed by atoms with Gasteiger partial charge in [-0.1, -0.05) is 30.3 Å².